The molecule has 0 fully saturated rings. The molecule has 1 atom stereocenters. The Hall–Kier alpha value is -1.90. The lowest BCUT2D eigenvalue weighted by atomic mass is 10.0. The van der Waals surface area contributed by atoms with Gasteiger partial charge in [-0.25, -0.2) is 4.99 Å². The maximum Gasteiger partial charge on any atom is 0.195 e. The maximum absolute atomic E-state index is 6.41. The zero-order valence-corrected chi connectivity index (χ0v) is 11.8. The number of thiophene rings is 1. The predicted molar refractivity (Wildman–Crippen MR) is 79.5 cm³/mol. The van der Waals surface area contributed by atoms with Gasteiger partial charge in [0.1, 0.15) is 0 Å². The first-order chi connectivity index (χ1) is 9.62. The van der Waals surface area contributed by atoms with E-state index in [4.69, 9.17) is 16.2 Å². The Balaban J connectivity index is 2.01. The van der Waals surface area contributed by atoms with E-state index in [0.29, 0.717) is 19.0 Å². The Morgan fingerprint density at radius 1 is 1.50 bits per heavy atom. The monoisotopic (exact) mass is 292 g/mol. The average Bonchev–Trinajstić information content (AvgIpc) is 3.04. The van der Waals surface area contributed by atoms with E-state index in [2.05, 4.69) is 20.5 Å². The van der Waals surface area contributed by atoms with Crippen LogP contribution < -0.4 is 16.8 Å². The molecule has 0 bridgehead atoms. The van der Waals surface area contributed by atoms with Crippen molar-refractivity contribution in [3.05, 3.63) is 23.2 Å². The number of H-pyrrole nitrogens is 1. The number of nitrogens with one attached hydrogen (secondary N) is 2. The molecule has 1 unspecified atom stereocenters. The molecule has 1 aliphatic rings. The molecule has 0 spiro atoms. The molecule has 3 heterocycles. The first kappa shape index (κ1) is 13.1. The van der Waals surface area contributed by atoms with Gasteiger partial charge in [-0.15, -0.1) is 11.3 Å². The highest BCUT2D eigenvalue weighted by molar-refractivity contribution is 7.16. The predicted octanol–water partition coefficient (Wildman–Crippen LogP) is 1.03. The van der Waals surface area contributed by atoms with E-state index in [1.165, 1.54) is 0 Å². The number of ether oxygens (including phenoxy) is 1. The van der Waals surface area contributed by atoms with E-state index in [9.17, 15) is 0 Å². The van der Waals surface area contributed by atoms with Crippen LogP contribution in [0, 0.1) is 0 Å². The van der Waals surface area contributed by atoms with Gasteiger partial charge in [0.05, 0.1) is 27.7 Å². The Bertz CT molecular complexity index is 634. The summed E-state index contributed by atoms with van der Waals surface area (Å²) in [5.41, 5.74) is 13.2. The normalized spacial score (nSPS) is 21.2. The molecule has 8 heteroatoms. The van der Waals surface area contributed by atoms with Gasteiger partial charge in [-0.05, 0) is 12.1 Å². The van der Waals surface area contributed by atoms with Gasteiger partial charge in [-0.2, -0.15) is 5.10 Å². The van der Waals surface area contributed by atoms with Crippen LogP contribution in [-0.4, -0.2) is 29.9 Å². The number of nitrogens with two attached hydrogens (primary N) is 2. The van der Waals surface area contributed by atoms with E-state index >= 15 is 0 Å². The van der Waals surface area contributed by atoms with Gasteiger partial charge in [-0.3, -0.25) is 5.10 Å². The molecule has 1 aliphatic heterocycles. The van der Waals surface area contributed by atoms with E-state index in [0.717, 1.165) is 21.1 Å². The topological polar surface area (TPSA) is 114 Å². The fraction of sp³-hybridized carbons (Fsp3) is 0.333. The number of methoxy groups -OCH3 is 1. The molecule has 0 amide bonds. The highest BCUT2D eigenvalue weighted by Gasteiger charge is 2.35. The first-order valence-electron chi connectivity index (χ1n) is 6.16. The smallest absolute Gasteiger partial charge is 0.195 e. The summed E-state index contributed by atoms with van der Waals surface area (Å²) in [7, 11) is 1.64. The van der Waals surface area contributed by atoms with Crippen molar-refractivity contribution in [2.75, 3.05) is 19.0 Å². The number of rotatable bonds is 4. The maximum atomic E-state index is 6.41. The van der Waals surface area contributed by atoms with Crippen molar-refractivity contribution in [2.45, 2.75) is 12.1 Å². The largest absolute Gasteiger partial charge is 0.385 e. The Kier molecular flexibility index (Phi) is 3.20. The first-order valence-corrected chi connectivity index (χ1v) is 6.98. The van der Waals surface area contributed by atoms with E-state index < -0.39 is 5.66 Å². The second-order valence-corrected chi connectivity index (χ2v) is 5.67. The molecule has 0 saturated heterocycles. The zero-order valence-electron chi connectivity index (χ0n) is 11.0. The van der Waals surface area contributed by atoms with Crippen LogP contribution in [0.1, 0.15) is 11.3 Å². The van der Waals surface area contributed by atoms with Crippen molar-refractivity contribution in [1.29, 1.82) is 0 Å². The number of aromatic nitrogens is 2. The van der Waals surface area contributed by atoms with Crippen LogP contribution in [0.5, 0.6) is 0 Å². The molecule has 0 saturated carbocycles. The minimum Gasteiger partial charge on any atom is -0.385 e. The number of aliphatic imine (C=N–C) groups is 1. The lowest BCUT2D eigenvalue weighted by Gasteiger charge is -2.29. The number of fused-ring (bicyclic) bond motifs is 1. The van der Waals surface area contributed by atoms with Crippen LogP contribution in [-0.2, 0) is 10.4 Å². The van der Waals surface area contributed by atoms with Crippen LogP contribution in [0.4, 0.5) is 5.69 Å². The van der Waals surface area contributed by atoms with Crippen LogP contribution in [0.15, 0.2) is 23.3 Å². The summed E-state index contributed by atoms with van der Waals surface area (Å²) >= 11 is 1.58. The van der Waals surface area contributed by atoms with Crippen LogP contribution >= 0.6 is 11.3 Å². The molecule has 0 aliphatic carbocycles. The minimum atomic E-state index is -0.844. The SMILES string of the molecule is COCCC1(N)N=C(N)Nc2cc(-c3ccn[nH]3)sc21. The molecule has 3 rings (SSSR count). The molecule has 2 aromatic rings. The number of hydrogen-bond donors (Lipinski definition) is 4. The third kappa shape index (κ3) is 2.17. The Morgan fingerprint density at radius 3 is 3.05 bits per heavy atom. The van der Waals surface area contributed by atoms with Crippen molar-refractivity contribution in [3.63, 3.8) is 0 Å². The lowest BCUT2D eigenvalue weighted by Crippen LogP contribution is -2.43. The summed E-state index contributed by atoms with van der Waals surface area (Å²) in [4.78, 5) is 6.34. The van der Waals surface area contributed by atoms with Gasteiger partial charge < -0.3 is 21.5 Å². The average molecular weight is 292 g/mol. The van der Waals surface area contributed by atoms with Crippen molar-refractivity contribution in [1.82, 2.24) is 10.2 Å². The number of anilines is 1. The van der Waals surface area contributed by atoms with Gasteiger partial charge >= 0.3 is 0 Å². The number of aromatic amines is 1. The van der Waals surface area contributed by atoms with Crippen molar-refractivity contribution in [2.24, 2.45) is 16.5 Å². The van der Waals surface area contributed by atoms with E-state index in [1.807, 2.05) is 12.1 Å². The molecule has 20 heavy (non-hydrogen) atoms. The molecular weight excluding hydrogens is 276 g/mol. The number of hydrogen-bond acceptors (Lipinski definition) is 7. The lowest BCUT2D eigenvalue weighted by molar-refractivity contribution is 0.170. The highest BCUT2D eigenvalue weighted by Crippen LogP contribution is 2.43. The fourth-order valence-electron chi connectivity index (χ4n) is 2.19. The molecule has 0 aromatic carbocycles. The summed E-state index contributed by atoms with van der Waals surface area (Å²) in [5, 5.41) is 9.96. The van der Waals surface area contributed by atoms with E-state index in [1.54, 1.807) is 24.6 Å². The van der Waals surface area contributed by atoms with Gasteiger partial charge in [-0.1, -0.05) is 0 Å². The van der Waals surface area contributed by atoms with Gasteiger partial charge in [0, 0.05) is 19.7 Å². The molecule has 7 nitrogen and oxygen atoms in total. The van der Waals surface area contributed by atoms with Gasteiger partial charge in [0.25, 0.3) is 0 Å². The second-order valence-electron chi connectivity index (χ2n) is 4.61. The summed E-state index contributed by atoms with van der Waals surface area (Å²) in [6.07, 6.45) is 2.29. The summed E-state index contributed by atoms with van der Waals surface area (Å²) in [6, 6.07) is 3.91. The Labute approximate surface area is 120 Å². The minimum absolute atomic E-state index is 0.324. The van der Waals surface area contributed by atoms with E-state index in [-0.39, 0.29) is 0 Å². The number of nitrogens with zero attached hydrogens (tertiary/aromatic N) is 2. The summed E-state index contributed by atoms with van der Waals surface area (Å²) in [6.45, 7) is 0.518. The summed E-state index contributed by atoms with van der Waals surface area (Å²) in [5.74, 6) is 0.324. The van der Waals surface area contributed by atoms with Crippen LogP contribution in [0.3, 0.4) is 0 Å². The van der Waals surface area contributed by atoms with Gasteiger partial charge in [0.2, 0.25) is 0 Å². The molecule has 106 valence electrons. The standard InChI is InChI=1S/C12H16N6OS/c1-19-5-3-12(14)10-8(16-11(13)17-12)6-9(20-10)7-2-4-15-18-7/h2,4,6H,3,5,14H2,1H3,(H,15,18)(H3,13,16,17). The highest BCUT2D eigenvalue weighted by atomic mass is 32.1. The van der Waals surface area contributed by atoms with Crippen molar-refractivity contribution in [3.8, 4) is 10.6 Å². The Morgan fingerprint density at radius 2 is 2.35 bits per heavy atom. The molecular formula is C12H16N6OS. The number of guanidine groups is 1. The summed E-state index contributed by atoms with van der Waals surface area (Å²) < 4.78 is 5.12. The van der Waals surface area contributed by atoms with Crippen LogP contribution in [0.25, 0.3) is 10.6 Å². The van der Waals surface area contributed by atoms with Crippen molar-refractivity contribution < 1.29 is 4.74 Å². The van der Waals surface area contributed by atoms with Crippen molar-refractivity contribution >= 4 is 23.0 Å². The van der Waals surface area contributed by atoms with Crippen LogP contribution in [0.2, 0.25) is 0 Å². The third-order valence-electron chi connectivity index (χ3n) is 3.16. The fourth-order valence-corrected chi connectivity index (χ4v) is 3.35. The van der Waals surface area contributed by atoms with Gasteiger partial charge in [0.15, 0.2) is 11.6 Å². The molecule has 0 radical (unpaired) electrons. The zero-order chi connectivity index (χ0) is 14.2. The molecule has 6 N–H and O–H groups in total. The second kappa shape index (κ2) is 4.89. The third-order valence-corrected chi connectivity index (χ3v) is 4.50. The molecule has 2 aromatic heterocycles. The quantitative estimate of drug-likeness (QED) is 0.672.